The van der Waals surface area contributed by atoms with Crippen LogP contribution < -0.4 is 0 Å². The van der Waals surface area contributed by atoms with Gasteiger partial charge in [-0.2, -0.15) is 0 Å². The van der Waals surface area contributed by atoms with E-state index in [2.05, 4.69) is 18.7 Å². The molecule has 3 aliphatic rings. The third kappa shape index (κ3) is 2.51. The number of hydrogen-bond donors (Lipinski definition) is 0. The topological polar surface area (TPSA) is 20.3 Å². The molecule has 0 aliphatic heterocycles. The zero-order valence-corrected chi connectivity index (χ0v) is 11.2. The van der Waals surface area contributed by atoms with Crippen LogP contribution in [0.1, 0.15) is 52.4 Å². The predicted molar refractivity (Wildman–Crippen MR) is 68.5 cm³/mol. The molecule has 0 N–H and O–H groups in total. The average molecular weight is 235 g/mol. The average Bonchev–Trinajstić information content (AvgIpc) is 3.19. The Morgan fingerprint density at radius 2 is 1.82 bits per heavy atom. The summed E-state index contributed by atoms with van der Waals surface area (Å²) in [6.07, 6.45) is 7.50. The Morgan fingerprint density at radius 1 is 1.18 bits per heavy atom. The van der Waals surface area contributed by atoms with Gasteiger partial charge in [0, 0.05) is 18.5 Å². The number of hydrogen-bond acceptors (Lipinski definition) is 1. The molecule has 2 nitrogen and oxygen atoms in total. The molecule has 0 spiro atoms. The van der Waals surface area contributed by atoms with E-state index in [1.165, 1.54) is 38.5 Å². The molecule has 3 rings (SSSR count). The first-order chi connectivity index (χ1) is 8.15. The Bertz CT molecular complexity index is 298. The van der Waals surface area contributed by atoms with E-state index in [-0.39, 0.29) is 0 Å². The Kier molecular flexibility index (Phi) is 2.92. The van der Waals surface area contributed by atoms with Gasteiger partial charge in [0.2, 0.25) is 5.91 Å². The second-order valence-electron chi connectivity index (χ2n) is 6.87. The van der Waals surface area contributed by atoms with E-state index in [4.69, 9.17) is 0 Å². The van der Waals surface area contributed by atoms with Crippen molar-refractivity contribution in [2.45, 2.75) is 58.4 Å². The highest BCUT2D eigenvalue weighted by Gasteiger charge is 2.49. The van der Waals surface area contributed by atoms with Crippen LogP contribution in [0.5, 0.6) is 0 Å². The van der Waals surface area contributed by atoms with Gasteiger partial charge in [-0.25, -0.2) is 0 Å². The minimum Gasteiger partial charge on any atom is -0.339 e. The molecule has 0 aromatic carbocycles. The number of nitrogens with zero attached hydrogens (tertiary/aromatic N) is 1. The van der Waals surface area contributed by atoms with Crippen molar-refractivity contribution in [3.63, 3.8) is 0 Å². The fourth-order valence-electron chi connectivity index (χ4n) is 3.41. The number of rotatable bonds is 5. The van der Waals surface area contributed by atoms with Crippen LogP contribution in [0, 0.1) is 23.7 Å². The van der Waals surface area contributed by atoms with Crippen molar-refractivity contribution in [3.05, 3.63) is 0 Å². The van der Waals surface area contributed by atoms with Gasteiger partial charge < -0.3 is 4.90 Å². The lowest BCUT2D eigenvalue weighted by Crippen LogP contribution is -2.38. The monoisotopic (exact) mass is 235 g/mol. The molecule has 1 amide bonds. The molecule has 3 fully saturated rings. The van der Waals surface area contributed by atoms with E-state index >= 15 is 0 Å². The molecule has 17 heavy (non-hydrogen) atoms. The van der Waals surface area contributed by atoms with Crippen molar-refractivity contribution in [2.75, 3.05) is 6.54 Å². The Morgan fingerprint density at radius 3 is 2.35 bits per heavy atom. The van der Waals surface area contributed by atoms with Crippen LogP contribution in [0.2, 0.25) is 0 Å². The van der Waals surface area contributed by atoms with Gasteiger partial charge in [-0.1, -0.05) is 13.8 Å². The smallest absolute Gasteiger partial charge is 0.225 e. The summed E-state index contributed by atoms with van der Waals surface area (Å²) in [5, 5.41) is 0. The van der Waals surface area contributed by atoms with Crippen molar-refractivity contribution in [3.8, 4) is 0 Å². The van der Waals surface area contributed by atoms with Crippen LogP contribution >= 0.6 is 0 Å². The van der Waals surface area contributed by atoms with E-state index < -0.39 is 0 Å². The van der Waals surface area contributed by atoms with Crippen LogP contribution in [0.25, 0.3) is 0 Å². The van der Waals surface area contributed by atoms with Gasteiger partial charge in [-0.05, 0) is 56.3 Å². The molecule has 0 aromatic heterocycles. The molecule has 2 unspecified atom stereocenters. The second kappa shape index (κ2) is 4.29. The Hall–Kier alpha value is -0.530. The maximum atomic E-state index is 12.5. The second-order valence-corrected chi connectivity index (χ2v) is 6.87. The highest BCUT2D eigenvalue weighted by molar-refractivity contribution is 5.80. The fraction of sp³-hybridized carbons (Fsp3) is 0.933. The van der Waals surface area contributed by atoms with E-state index in [9.17, 15) is 4.79 Å². The summed E-state index contributed by atoms with van der Waals surface area (Å²) >= 11 is 0. The summed E-state index contributed by atoms with van der Waals surface area (Å²) in [5.41, 5.74) is 0. The van der Waals surface area contributed by atoms with Crippen LogP contribution in [0.15, 0.2) is 0 Å². The minimum absolute atomic E-state index is 0.395. The van der Waals surface area contributed by atoms with Gasteiger partial charge >= 0.3 is 0 Å². The first kappa shape index (κ1) is 11.6. The Labute approximate surface area is 105 Å². The molecule has 0 heterocycles. The molecule has 0 aromatic rings. The highest BCUT2D eigenvalue weighted by Crippen LogP contribution is 2.55. The zero-order valence-electron chi connectivity index (χ0n) is 11.2. The third-order valence-corrected chi connectivity index (χ3v) is 4.81. The van der Waals surface area contributed by atoms with Gasteiger partial charge in [0.1, 0.15) is 0 Å². The summed E-state index contributed by atoms with van der Waals surface area (Å²) in [5.74, 6) is 3.46. The first-order valence-corrected chi connectivity index (χ1v) is 7.45. The number of carbonyl (C=O) groups is 1. The summed E-state index contributed by atoms with van der Waals surface area (Å²) in [6, 6.07) is 0.609. The molecule has 0 saturated heterocycles. The van der Waals surface area contributed by atoms with Gasteiger partial charge in [0.15, 0.2) is 0 Å². The molecule has 96 valence electrons. The number of carbonyl (C=O) groups excluding carboxylic acids is 1. The first-order valence-electron chi connectivity index (χ1n) is 7.45. The lowest BCUT2D eigenvalue weighted by atomic mass is 10.0. The molecule has 3 aliphatic carbocycles. The van der Waals surface area contributed by atoms with Crippen molar-refractivity contribution in [1.29, 1.82) is 0 Å². The van der Waals surface area contributed by atoms with Gasteiger partial charge in [0.25, 0.3) is 0 Å². The van der Waals surface area contributed by atoms with Gasteiger partial charge in [-0.3, -0.25) is 4.79 Å². The number of amides is 1. The third-order valence-electron chi connectivity index (χ3n) is 4.81. The van der Waals surface area contributed by atoms with Crippen LogP contribution in [0.4, 0.5) is 0 Å². The minimum atomic E-state index is 0.395. The van der Waals surface area contributed by atoms with Crippen LogP contribution in [-0.4, -0.2) is 23.4 Å². The summed E-state index contributed by atoms with van der Waals surface area (Å²) in [7, 11) is 0. The standard InChI is InChI=1S/C15H25NO/c1-10(2)5-6-16(14-3-4-14)15(17)13-8-11-7-12(11)9-13/h10-14H,3-9H2,1-2H3. The van der Waals surface area contributed by atoms with Crippen molar-refractivity contribution in [2.24, 2.45) is 23.7 Å². The molecule has 2 heteroatoms. The van der Waals surface area contributed by atoms with Gasteiger partial charge in [-0.15, -0.1) is 0 Å². The molecular weight excluding hydrogens is 210 g/mol. The normalized spacial score (nSPS) is 34.9. The summed E-state index contributed by atoms with van der Waals surface area (Å²) in [6.45, 7) is 5.51. The maximum absolute atomic E-state index is 12.5. The van der Waals surface area contributed by atoms with Crippen molar-refractivity contribution in [1.82, 2.24) is 4.90 Å². The largest absolute Gasteiger partial charge is 0.339 e. The quantitative estimate of drug-likeness (QED) is 0.717. The summed E-state index contributed by atoms with van der Waals surface area (Å²) < 4.78 is 0. The molecule has 0 radical (unpaired) electrons. The van der Waals surface area contributed by atoms with E-state index in [1.54, 1.807) is 0 Å². The maximum Gasteiger partial charge on any atom is 0.225 e. The van der Waals surface area contributed by atoms with E-state index in [0.717, 1.165) is 18.4 Å². The summed E-state index contributed by atoms with van der Waals surface area (Å²) in [4.78, 5) is 14.8. The lowest BCUT2D eigenvalue weighted by Gasteiger charge is -2.27. The van der Waals surface area contributed by atoms with Crippen molar-refractivity contribution < 1.29 is 4.79 Å². The molecular formula is C15H25NO. The SMILES string of the molecule is CC(C)CCN(C(=O)C1CC2CC2C1)C1CC1. The van der Waals surface area contributed by atoms with Crippen LogP contribution in [0.3, 0.4) is 0 Å². The van der Waals surface area contributed by atoms with Gasteiger partial charge in [0.05, 0.1) is 0 Å². The molecule has 3 saturated carbocycles. The highest BCUT2D eigenvalue weighted by atomic mass is 16.2. The zero-order chi connectivity index (χ0) is 12.0. The molecule has 0 bridgehead atoms. The van der Waals surface area contributed by atoms with E-state index in [1.807, 2.05) is 0 Å². The number of fused-ring (bicyclic) bond motifs is 1. The van der Waals surface area contributed by atoms with E-state index in [0.29, 0.717) is 23.8 Å². The predicted octanol–water partition coefficient (Wildman–Crippen LogP) is 3.07. The van der Waals surface area contributed by atoms with Crippen molar-refractivity contribution >= 4 is 5.91 Å². The lowest BCUT2D eigenvalue weighted by molar-refractivity contribution is -0.136. The fourth-order valence-corrected chi connectivity index (χ4v) is 3.41. The Balaban J connectivity index is 1.56. The molecule has 2 atom stereocenters. The van der Waals surface area contributed by atoms with Crippen LogP contribution in [-0.2, 0) is 4.79 Å².